The molecule has 0 spiro atoms. The lowest BCUT2D eigenvalue weighted by atomic mass is 10.0. The second-order valence-corrected chi connectivity index (χ2v) is 5.67. The molecule has 0 heterocycles. The lowest BCUT2D eigenvalue weighted by Crippen LogP contribution is -2.29. The van der Waals surface area contributed by atoms with Crippen molar-refractivity contribution in [2.24, 2.45) is 0 Å². The van der Waals surface area contributed by atoms with Gasteiger partial charge in [0.05, 0.1) is 0 Å². The van der Waals surface area contributed by atoms with E-state index in [2.05, 4.69) is 37.4 Å². The minimum atomic E-state index is -0.324. The summed E-state index contributed by atoms with van der Waals surface area (Å²) < 4.78 is 5.24. The van der Waals surface area contributed by atoms with Gasteiger partial charge in [-0.2, -0.15) is 11.8 Å². The van der Waals surface area contributed by atoms with Crippen LogP contribution in [-0.4, -0.2) is 30.6 Å². The summed E-state index contributed by atoms with van der Waals surface area (Å²) >= 11 is 1.67. The first-order chi connectivity index (χ1) is 9.63. The largest absolute Gasteiger partial charge is 0.463 e. The van der Waals surface area contributed by atoms with E-state index in [0.29, 0.717) is 6.61 Å². The molecule has 1 aromatic rings. The van der Waals surface area contributed by atoms with Gasteiger partial charge in [0.1, 0.15) is 12.6 Å². The number of benzene rings is 1. The molecule has 112 valence electrons. The van der Waals surface area contributed by atoms with E-state index < -0.39 is 0 Å². The number of ether oxygens (including phenoxy) is 1. The number of carbonyl (C=O) groups excluding carboxylic acids is 1. The summed E-state index contributed by atoms with van der Waals surface area (Å²) in [5.74, 6) is 0.650. The number of hydrogen-bond acceptors (Lipinski definition) is 4. The third kappa shape index (κ3) is 4.75. The van der Waals surface area contributed by atoms with Gasteiger partial charge in [-0.25, -0.2) is 4.79 Å². The molecule has 0 aliphatic heterocycles. The van der Waals surface area contributed by atoms with Gasteiger partial charge in [-0.1, -0.05) is 32.0 Å². The minimum Gasteiger partial charge on any atom is -0.463 e. The highest BCUT2D eigenvalue weighted by Gasteiger charge is 2.16. The highest BCUT2D eigenvalue weighted by Crippen LogP contribution is 2.23. The van der Waals surface area contributed by atoms with Gasteiger partial charge in [-0.15, -0.1) is 0 Å². The summed E-state index contributed by atoms with van der Waals surface area (Å²) in [5.41, 5.74) is 3.58. The molecule has 0 saturated carbocycles. The molecule has 4 heteroatoms. The first-order valence-corrected chi connectivity index (χ1v) is 8.56. The van der Waals surface area contributed by atoms with Crippen LogP contribution in [0.1, 0.15) is 31.9 Å². The number of carbonyl (C=O) groups is 1. The predicted molar refractivity (Wildman–Crippen MR) is 87.6 cm³/mol. The first kappa shape index (κ1) is 16.9. The molecule has 0 amide bonds. The Kier molecular flexibility index (Phi) is 7.52. The van der Waals surface area contributed by atoms with Crippen molar-refractivity contribution in [3.8, 4) is 0 Å². The van der Waals surface area contributed by atoms with Crippen LogP contribution in [-0.2, 0) is 22.4 Å². The molecular weight excluding hydrogens is 270 g/mol. The number of aryl methyl sites for hydroxylation is 2. The number of para-hydroxylation sites is 1. The molecule has 0 radical (unpaired) electrons. The zero-order valence-corrected chi connectivity index (χ0v) is 13.7. The van der Waals surface area contributed by atoms with Gasteiger partial charge < -0.3 is 10.1 Å². The van der Waals surface area contributed by atoms with E-state index in [-0.39, 0.29) is 12.0 Å². The molecule has 0 aliphatic carbocycles. The van der Waals surface area contributed by atoms with Crippen molar-refractivity contribution in [2.45, 2.75) is 39.7 Å². The van der Waals surface area contributed by atoms with E-state index >= 15 is 0 Å². The van der Waals surface area contributed by atoms with Crippen molar-refractivity contribution < 1.29 is 9.53 Å². The minimum absolute atomic E-state index is 0.188. The molecule has 0 aromatic heterocycles. The maximum Gasteiger partial charge on any atom is 0.328 e. The Morgan fingerprint density at radius 3 is 2.40 bits per heavy atom. The average Bonchev–Trinajstić information content (AvgIpc) is 2.47. The number of anilines is 1. The fourth-order valence-electron chi connectivity index (χ4n) is 2.05. The number of esters is 1. The van der Waals surface area contributed by atoms with Crippen LogP contribution in [0, 0.1) is 0 Å². The fraction of sp³-hybridized carbons (Fsp3) is 0.562. The topological polar surface area (TPSA) is 38.3 Å². The van der Waals surface area contributed by atoms with Crippen molar-refractivity contribution in [1.29, 1.82) is 0 Å². The van der Waals surface area contributed by atoms with E-state index in [0.717, 1.165) is 24.3 Å². The number of thioether (sulfide) groups is 1. The van der Waals surface area contributed by atoms with Gasteiger partial charge in [0, 0.05) is 11.4 Å². The molecule has 3 nitrogen and oxygen atoms in total. The Hall–Kier alpha value is -1.16. The average molecular weight is 295 g/mol. The van der Waals surface area contributed by atoms with E-state index in [1.54, 1.807) is 11.8 Å². The monoisotopic (exact) mass is 295 g/mol. The highest BCUT2D eigenvalue weighted by atomic mass is 32.2. The predicted octanol–water partition coefficient (Wildman–Crippen LogP) is 3.52. The number of nitrogens with one attached hydrogen (secondary N) is 1. The van der Waals surface area contributed by atoms with Crippen molar-refractivity contribution in [1.82, 2.24) is 0 Å². The van der Waals surface area contributed by atoms with Crippen molar-refractivity contribution in [3.05, 3.63) is 29.3 Å². The summed E-state index contributed by atoms with van der Waals surface area (Å²) in [7, 11) is 0. The number of rotatable bonds is 8. The summed E-state index contributed by atoms with van der Waals surface area (Å²) in [6.45, 7) is 6.58. The molecule has 0 bridgehead atoms. The smallest absolute Gasteiger partial charge is 0.328 e. The van der Waals surface area contributed by atoms with Crippen LogP contribution < -0.4 is 5.32 Å². The molecule has 0 aliphatic rings. The lowest BCUT2D eigenvalue weighted by Gasteiger charge is -2.19. The van der Waals surface area contributed by atoms with E-state index in [1.807, 2.05) is 13.2 Å². The SMILES string of the molecule is CCc1cccc(CC)c1NC(C)C(=O)OCCSC. The van der Waals surface area contributed by atoms with Crippen LogP contribution in [0.4, 0.5) is 5.69 Å². The summed E-state index contributed by atoms with van der Waals surface area (Å²) in [5, 5.41) is 3.33. The van der Waals surface area contributed by atoms with E-state index in [9.17, 15) is 4.79 Å². The quantitative estimate of drug-likeness (QED) is 0.588. The fourth-order valence-corrected chi connectivity index (χ4v) is 2.30. The van der Waals surface area contributed by atoms with Gasteiger partial charge in [0.25, 0.3) is 0 Å². The first-order valence-electron chi connectivity index (χ1n) is 7.16. The van der Waals surface area contributed by atoms with Crippen LogP contribution in [0.15, 0.2) is 18.2 Å². The van der Waals surface area contributed by atoms with E-state index in [4.69, 9.17) is 4.74 Å². The molecule has 1 unspecified atom stereocenters. The van der Waals surface area contributed by atoms with Crippen LogP contribution in [0.25, 0.3) is 0 Å². The van der Waals surface area contributed by atoms with Gasteiger partial charge >= 0.3 is 5.97 Å². The molecule has 0 saturated heterocycles. The highest BCUT2D eigenvalue weighted by molar-refractivity contribution is 7.98. The molecule has 1 aromatic carbocycles. The van der Waals surface area contributed by atoms with Crippen molar-refractivity contribution in [2.75, 3.05) is 23.9 Å². The van der Waals surface area contributed by atoms with Gasteiger partial charge in [-0.3, -0.25) is 0 Å². The molecule has 20 heavy (non-hydrogen) atoms. The normalized spacial score (nSPS) is 12.0. The third-order valence-electron chi connectivity index (χ3n) is 3.25. The van der Waals surface area contributed by atoms with Gasteiger partial charge in [0.15, 0.2) is 0 Å². The van der Waals surface area contributed by atoms with Gasteiger partial charge in [0.2, 0.25) is 0 Å². The van der Waals surface area contributed by atoms with E-state index in [1.165, 1.54) is 11.1 Å². The molecule has 1 atom stereocenters. The third-order valence-corrected chi connectivity index (χ3v) is 3.82. The Morgan fingerprint density at radius 1 is 1.30 bits per heavy atom. The van der Waals surface area contributed by atoms with Crippen LogP contribution in [0.3, 0.4) is 0 Å². The van der Waals surface area contributed by atoms with Gasteiger partial charge in [-0.05, 0) is 37.1 Å². The standard InChI is InChI=1S/C16H25NO2S/c1-5-13-8-7-9-14(6-2)15(13)17-12(3)16(18)19-10-11-20-4/h7-9,12,17H,5-6,10-11H2,1-4H3. The van der Waals surface area contributed by atoms with Crippen molar-refractivity contribution >= 4 is 23.4 Å². The lowest BCUT2D eigenvalue weighted by molar-refractivity contribution is -0.143. The Bertz CT molecular complexity index is 412. The zero-order chi connectivity index (χ0) is 15.0. The Morgan fingerprint density at radius 2 is 1.90 bits per heavy atom. The van der Waals surface area contributed by atoms with Crippen LogP contribution >= 0.6 is 11.8 Å². The molecule has 0 fully saturated rings. The Balaban J connectivity index is 2.74. The van der Waals surface area contributed by atoms with Crippen LogP contribution in [0.2, 0.25) is 0 Å². The number of hydrogen-bond donors (Lipinski definition) is 1. The molecular formula is C16H25NO2S. The summed E-state index contributed by atoms with van der Waals surface area (Å²) in [4.78, 5) is 11.9. The molecule has 1 rings (SSSR count). The maximum atomic E-state index is 11.9. The zero-order valence-electron chi connectivity index (χ0n) is 12.9. The summed E-state index contributed by atoms with van der Waals surface area (Å²) in [6, 6.07) is 5.96. The molecule has 1 N–H and O–H groups in total. The van der Waals surface area contributed by atoms with Crippen molar-refractivity contribution in [3.63, 3.8) is 0 Å². The summed E-state index contributed by atoms with van der Waals surface area (Å²) in [6.07, 6.45) is 3.90. The second-order valence-electron chi connectivity index (χ2n) is 4.68. The second kappa shape index (κ2) is 8.90. The Labute approximate surface area is 126 Å². The van der Waals surface area contributed by atoms with Crippen LogP contribution in [0.5, 0.6) is 0 Å². The maximum absolute atomic E-state index is 11.9.